The van der Waals surface area contributed by atoms with E-state index in [2.05, 4.69) is 10.3 Å². The van der Waals surface area contributed by atoms with Crippen molar-refractivity contribution < 1.29 is 14.0 Å². The Kier molecular flexibility index (Phi) is 5.38. The number of aromatic nitrogens is 1. The van der Waals surface area contributed by atoms with Crippen LogP contribution in [0.3, 0.4) is 0 Å². The highest BCUT2D eigenvalue weighted by Gasteiger charge is 2.22. The van der Waals surface area contributed by atoms with Crippen molar-refractivity contribution in [3.63, 3.8) is 0 Å². The van der Waals surface area contributed by atoms with Gasteiger partial charge in [0.25, 0.3) is 5.22 Å². The third-order valence-electron chi connectivity index (χ3n) is 3.58. The van der Waals surface area contributed by atoms with Crippen molar-refractivity contribution in [2.75, 3.05) is 0 Å². The number of urea groups is 1. The van der Waals surface area contributed by atoms with Crippen molar-refractivity contribution in [1.29, 1.82) is 0 Å². The Labute approximate surface area is 154 Å². The first kappa shape index (κ1) is 17.8. The van der Waals surface area contributed by atoms with Gasteiger partial charge in [-0.3, -0.25) is 10.1 Å². The Bertz CT molecular complexity index is 853. The third kappa shape index (κ3) is 4.12. The molecule has 0 fully saturated rings. The van der Waals surface area contributed by atoms with Crippen molar-refractivity contribution >= 4 is 23.7 Å². The molecule has 2 aromatic carbocycles. The lowest BCUT2D eigenvalue weighted by atomic mass is 10.1. The van der Waals surface area contributed by atoms with E-state index in [0.29, 0.717) is 16.7 Å². The fourth-order valence-corrected chi connectivity index (χ4v) is 3.10. The highest BCUT2D eigenvalue weighted by molar-refractivity contribution is 8.00. The van der Waals surface area contributed by atoms with Crippen LogP contribution in [0.1, 0.15) is 6.92 Å². The van der Waals surface area contributed by atoms with Crippen molar-refractivity contribution in [1.82, 2.24) is 10.3 Å². The number of nitrogens with zero attached hydrogens (tertiary/aromatic N) is 1. The van der Waals surface area contributed by atoms with Crippen LogP contribution in [0.4, 0.5) is 4.79 Å². The molecule has 0 unspecified atom stereocenters. The minimum Gasteiger partial charge on any atom is -0.431 e. The Hall–Kier alpha value is -3.06. The van der Waals surface area contributed by atoms with Gasteiger partial charge in [0.2, 0.25) is 5.91 Å². The minimum absolute atomic E-state index is 0.342. The molecule has 7 heteroatoms. The van der Waals surface area contributed by atoms with Crippen LogP contribution in [0.2, 0.25) is 0 Å². The van der Waals surface area contributed by atoms with Crippen LogP contribution in [0.25, 0.3) is 22.6 Å². The maximum absolute atomic E-state index is 11.9. The molecular formula is C19H17N3O3S. The predicted molar refractivity (Wildman–Crippen MR) is 100 cm³/mol. The molecule has 1 atom stereocenters. The van der Waals surface area contributed by atoms with E-state index in [1.807, 2.05) is 60.7 Å². The van der Waals surface area contributed by atoms with Gasteiger partial charge in [-0.1, -0.05) is 72.4 Å². The van der Waals surface area contributed by atoms with Crippen LogP contribution in [0, 0.1) is 0 Å². The van der Waals surface area contributed by atoms with Gasteiger partial charge >= 0.3 is 6.03 Å². The number of hydrogen-bond acceptors (Lipinski definition) is 5. The molecule has 0 aliphatic carbocycles. The van der Waals surface area contributed by atoms with Crippen LogP contribution < -0.4 is 11.1 Å². The summed E-state index contributed by atoms with van der Waals surface area (Å²) in [7, 11) is 0. The third-order valence-corrected chi connectivity index (χ3v) is 4.53. The molecule has 0 saturated carbocycles. The predicted octanol–water partition coefficient (Wildman–Crippen LogP) is 3.68. The van der Waals surface area contributed by atoms with E-state index >= 15 is 0 Å². The van der Waals surface area contributed by atoms with Gasteiger partial charge in [0.15, 0.2) is 5.76 Å². The molecular weight excluding hydrogens is 350 g/mol. The first-order valence-corrected chi connectivity index (χ1v) is 8.81. The second-order valence-corrected chi connectivity index (χ2v) is 6.80. The van der Waals surface area contributed by atoms with Crippen LogP contribution in [0.15, 0.2) is 70.3 Å². The molecule has 1 heterocycles. The SMILES string of the molecule is C[C@@H](Sc1nc(-c2ccccc2)c(-c2ccccc2)o1)C(=O)NC(N)=O. The topological polar surface area (TPSA) is 98.2 Å². The van der Waals surface area contributed by atoms with Gasteiger partial charge < -0.3 is 10.2 Å². The number of rotatable bonds is 5. The first-order valence-electron chi connectivity index (χ1n) is 7.93. The fourth-order valence-electron chi connectivity index (χ4n) is 2.36. The summed E-state index contributed by atoms with van der Waals surface area (Å²) in [5, 5.41) is 1.81. The molecule has 0 aliphatic rings. The van der Waals surface area contributed by atoms with Gasteiger partial charge in [-0.25, -0.2) is 9.78 Å². The van der Waals surface area contributed by atoms with Crippen molar-refractivity contribution in [2.24, 2.45) is 5.73 Å². The molecule has 0 spiro atoms. The zero-order valence-electron chi connectivity index (χ0n) is 14.0. The average molecular weight is 367 g/mol. The highest BCUT2D eigenvalue weighted by atomic mass is 32.2. The van der Waals surface area contributed by atoms with Crippen LogP contribution in [-0.4, -0.2) is 22.2 Å². The molecule has 6 nitrogen and oxygen atoms in total. The Morgan fingerprint density at radius 2 is 1.62 bits per heavy atom. The van der Waals surface area contributed by atoms with E-state index in [4.69, 9.17) is 10.2 Å². The molecule has 3 rings (SSSR count). The van der Waals surface area contributed by atoms with Gasteiger partial charge in [-0.05, 0) is 6.92 Å². The van der Waals surface area contributed by atoms with E-state index in [1.54, 1.807) is 6.92 Å². The normalized spacial score (nSPS) is 11.7. The number of carbonyl (C=O) groups excluding carboxylic acids is 2. The summed E-state index contributed by atoms with van der Waals surface area (Å²) in [5.74, 6) is 0.130. The maximum atomic E-state index is 11.9. The van der Waals surface area contributed by atoms with Crippen molar-refractivity contribution in [2.45, 2.75) is 17.4 Å². The summed E-state index contributed by atoms with van der Waals surface area (Å²) >= 11 is 1.12. The highest BCUT2D eigenvalue weighted by Crippen LogP contribution is 2.36. The number of nitrogens with one attached hydrogen (secondary N) is 1. The second kappa shape index (κ2) is 7.88. The van der Waals surface area contributed by atoms with Gasteiger partial charge in [-0.15, -0.1) is 0 Å². The van der Waals surface area contributed by atoms with Crippen molar-refractivity contribution in [3.8, 4) is 22.6 Å². The number of nitrogens with two attached hydrogens (primary N) is 1. The molecule has 1 aromatic heterocycles. The lowest BCUT2D eigenvalue weighted by Crippen LogP contribution is -2.39. The van der Waals surface area contributed by atoms with Gasteiger partial charge in [0.1, 0.15) is 5.69 Å². The fraction of sp³-hybridized carbons (Fsp3) is 0.105. The molecule has 3 aromatic rings. The number of thioether (sulfide) groups is 1. The lowest BCUT2D eigenvalue weighted by molar-refractivity contribution is -0.119. The van der Waals surface area contributed by atoms with E-state index in [9.17, 15) is 9.59 Å². The number of benzene rings is 2. The molecule has 3 N–H and O–H groups in total. The smallest absolute Gasteiger partial charge is 0.318 e. The van der Waals surface area contributed by atoms with E-state index in [-0.39, 0.29) is 0 Å². The average Bonchev–Trinajstić information content (AvgIpc) is 3.06. The maximum Gasteiger partial charge on any atom is 0.318 e. The number of oxazole rings is 1. The Morgan fingerprint density at radius 3 is 2.19 bits per heavy atom. The molecule has 3 amide bonds. The molecule has 0 bridgehead atoms. The van der Waals surface area contributed by atoms with Crippen LogP contribution >= 0.6 is 11.8 Å². The molecule has 132 valence electrons. The van der Waals surface area contributed by atoms with Crippen LogP contribution in [-0.2, 0) is 4.79 Å². The number of carbonyl (C=O) groups is 2. The number of amides is 3. The zero-order valence-corrected chi connectivity index (χ0v) is 14.8. The standard InChI is InChI=1S/C19H17N3O3S/c1-12(17(23)22-18(20)24)26-19-21-15(13-8-4-2-5-9-13)16(25-19)14-10-6-3-7-11-14/h2-12H,1H3,(H3,20,22,23,24)/t12-/m1/s1. The summed E-state index contributed by atoms with van der Waals surface area (Å²) in [6.45, 7) is 1.65. The summed E-state index contributed by atoms with van der Waals surface area (Å²) in [4.78, 5) is 27.3. The van der Waals surface area contributed by atoms with Crippen molar-refractivity contribution in [3.05, 3.63) is 60.7 Å². The molecule has 0 aliphatic heterocycles. The Morgan fingerprint density at radius 1 is 1.04 bits per heavy atom. The molecule has 26 heavy (non-hydrogen) atoms. The summed E-state index contributed by atoms with van der Waals surface area (Å²) < 4.78 is 5.94. The van der Waals surface area contributed by atoms with Gasteiger partial charge in [0, 0.05) is 11.1 Å². The van der Waals surface area contributed by atoms with E-state index in [1.165, 1.54) is 0 Å². The number of primary amides is 1. The quantitative estimate of drug-likeness (QED) is 0.670. The zero-order chi connectivity index (χ0) is 18.5. The van der Waals surface area contributed by atoms with Gasteiger partial charge in [0.05, 0.1) is 5.25 Å². The first-order chi connectivity index (χ1) is 12.5. The van der Waals surface area contributed by atoms with Crippen LogP contribution in [0.5, 0.6) is 0 Å². The number of imide groups is 1. The summed E-state index contributed by atoms with van der Waals surface area (Å²) in [6, 6.07) is 18.4. The second-order valence-electron chi connectivity index (χ2n) is 5.50. The summed E-state index contributed by atoms with van der Waals surface area (Å²) in [6.07, 6.45) is 0. The molecule has 0 radical (unpaired) electrons. The Balaban J connectivity index is 1.94. The minimum atomic E-state index is -0.884. The molecule has 0 saturated heterocycles. The lowest BCUT2D eigenvalue weighted by Gasteiger charge is -2.06. The van der Waals surface area contributed by atoms with E-state index < -0.39 is 17.2 Å². The van der Waals surface area contributed by atoms with E-state index in [0.717, 1.165) is 22.9 Å². The summed E-state index contributed by atoms with van der Waals surface area (Å²) in [5.41, 5.74) is 7.48. The van der Waals surface area contributed by atoms with Gasteiger partial charge in [-0.2, -0.15) is 0 Å². The number of hydrogen-bond donors (Lipinski definition) is 2. The largest absolute Gasteiger partial charge is 0.431 e. The monoisotopic (exact) mass is 367 g/mol.